The number of imidazole rings is 1. The molecule has 118 valence electrons. The fourth-order valence-electron chi connectivity index (χ4n) is 2.60. The molecule has 6 nitrogen and oxygen atoms in total. The number of benzene rings is 1. The van der Waals surface area contributed by atoms with Crippen LogP contribution < -0.4 is 4.74 Å². The summed E-state index contributed by atoms with van der Waals surface area (Å²) >= 11 is 0. The lowest BCUT2D eigenvalue weighted by molar-refractivity contribution is 0.153. The summed E-state index contributed by atoms with van der Waals surface area (Å²) in [6.45, 7) is 1.86. The Morgan fingerprint density at radius 3 is 2.77 bits per heavy atom. The van der Waals surface area contributed by atoms with Crippen molar-refractivity contribution < 1.29 is 13.2 Å². The lowest BCUT2D eigenvalue weighted by Crippen LogP contribution is -2.44. The summed E-state index contributed by atoms with van der Waals surface area (Å²) in [5, 5.41) is 0.0554. The third-order valence-electron chi connectivity index (χ3n) is 4.11. The Kier molecular flexibility index (Phi) is 3.70. The Hall–Kier alpha value is -1.86. The zero-order valence-corrected chi connectivity index (χ0v) is 13.6. The second-order valence-electron chi connectivity index (χ2n) is 5.61. The minimum Gasteiger partial charge on any atom is -0.488 e. The van der Waals surface area contributed by atoms with Crippen molar-refractivity contribution in [1.29, 1.82) is 0 Å². The number of aryl methyl sites for hydroxylation is 1. The Morgan fingerprint density at radius 1 is 1.41 bits per heavy atom. The molecule has 7 heteroatoms. The molecule has 0 fully saturated rings. The molecule has 1 aromatic heterocycles. The number of ether oxygens (including phenoxy) is 1. The van der Waals surface area contributed by atoms with Crippen molar-refractivity contribution in [3.8, 4) is 5.75 Å². The Labute approximate surface area is 130 Å². The number of likely N-dealkylation sites (N-methyl/N-ethyl adjacent to an activating group) is 1. The summed E-state index contributed by atoms with van der Waals surface area (Å²) in [6, 6.07) is 7.51. The molecule has 22 heavy (non-hydrogen) atoms. The molecule has 0 amide bonds. The van der Waals surface area contributed by atoms with Crippen molar-refractivity contribution in [1.82, 2.24) is 13.9 Å². The van der Waals surface area contributed by atoms with Crippen LogP contribution in [0.25, 0.3) is 0 Å². The molecular formula is C15H19N3O3S. The van der Waals surface area contributed by atoms with Gasteiger partial charge in [-0.1, -0.05) is 18.2 Å². The number of hydrogen-bond acceptors (Lipinski definition) is 4. The standard InChI is InChI=1S/C15H19N3O3S/c1-11(14-8-12-6-4-5-7-13(12)21-14)18(3)22(19,20)15-9-17(2)10-16-15/h4-7,9-11,14H,8H2,1-3H3. The molecule has 2 atom stereocenters. The number of para-hydroxylation sites is 1. The second-order valence-corrected chi connectivity index (χ2v) is 7.55. The van der Waals surface area contributed by atoms with Crippen LogP contribution in [-0.2, 0) is 23.5 Å². The Morgan fingerprint density at radius 2 is 2.14 bits per heavy atom. The summed E-state index contributed by atoms with van der Waals surface area (Å²) in [7, 11) is -0.308. The minimum absolute atomic E-state index is 0.0554. The van der Waals surface area contributed by atoms with E-state index in [1.165, 1.54) is 16.8 Å². The van der Waals surface area contributed by atoms with E-state index in [2.05, 4.69) is 4.98 Å². The fourth-order valence-corrected chi connectivity index (χ4v) is 3.95. The lowest BCUT2D eigenvalue weighted by Gasteiger charge is -2.27. The molecule has 0 saturated heterocycles. The van der Waals surface area contributed by atoms with Crippen LogP contribution in [0.15, 0.2) is 41.8 Å². The number of hydrogen-bond donors (Lipinski definition) is 0. The fraction of sp³-hybridized carbons (Fsp3) is 0.400. The number of aromatic nitrogens is 2. The number of fused-ring (bicyclic) bond motifs is 1. The van der Waals surface area contributed by atoms with Gasteiger partial charge in [0, 0.05) is 26.7 Å². The number of nitrogens with zero attached hydrogens (tertiary/aromatic N) is 3. The predicted octanol–water partition coefficient (Wildman–Crippen LogP) is 1.43. The van der Waals surface area contributed by atoms with Gasteiger partial charge in [-0.15, -0.1) is 0 Å². The molecule has 2 unspecified atom stereocenters. The van der Waals surface area contributed by atoms with Gasteiger partial charge in [0.1, 0.15) is 11.9 Å². The zero-order chi connectivity index (χ0) is 15.9. The maximum Gasteiger partial charge on any atom is 0.262 e. The molecule has 2 heterocycles. The van der Waals surface area contributed by atoms with Gasteiger partial charge in [0.15, 0.2) is 5.03 Å². The summed E-state index contributed by atoms with van der Waals surface area (Å²) in [5.41, 5.74) is 1.11. The van der Waals surface area contributed by atoms with Gasteiger partial charge in [0.2, 0.25) is 0 Å². The van der Waals surface area contributed by atoms with E-state index in [1.54, 1.807) is 18.7 Å². The Balaban J connectivity index is 1.80. The second kappa shape index (κ2) is 5.40. The van der Waals surface area contributed by atoms with Crippen molar-refractivity contribution in [3.63, 3.8) is 0 Å². The van der Waals surface area contributed by atoms with E-state index in [4.69, 9.17) is 4.74 Å². The van der Waals surface area contributed by atoms with Crippen LogP contribution in [0.4, 0.5) is 0 Å². The highest BCUT2D eigenvalue weighted by Crippen LogP contribution is 2.31. The molecule has 2 aromatic rings. The Bertz CT molecular complexity index is 760. The first-order chi connectivity index (χ1) is 10.4. The highest BCUT2D eigenvalue weighted by molar-refractivity contribution is 7.89. The SMILES string of the molecule is CC(C1Cc2ccccc2O1)N(C)S(=O)(=O)c1cn(C)cn1. The normalized spacial score (nSPS) is 19.0. The topological polar surface area (TPSA) is 64.4 Å². The van der Waals surface area contributed by atoms with E-state index in [9.17, 15) is 8.42 Å². The van der Waals surface area contributed by atoms with Crippen LogP contribution >= 0.6 is 0 Å². The molecule has 0 saturated carbocycles. The summed E-state index contributed by atoms with van der Waals surface area (Å²) in [6.07, 6.45) is 3.50. The molecule has 1 aliphatic heterocycles. The van der Waals surface area contributed by atoms with Crippen molar-refractivity contribution >= 4 is 10.0 Å². The maximum absolute atomic E-state index is 12.6. The molecule has 3 rings (SSSR count). The molecule has 0 aliphatic carbocycles. The zero-order valence-electron chi connectivity index (χ0n) is 12.8. The van der Waals surface area contributed by atoms with Gasteiger partial charge in [-0.2, -0.15) is 4.31 Å². The van der Waals surface area contributed by atoms with Crippen LogP contribution in [0, 0.1) is 0 Å². The first kappa shape index (κ1) is 15.1. The van der Waals surface area contributed by atoms with Crippen molar-refractivity contribution in [3.05, 3.63) is 42.4 Å². The molecule has 0 spiro atoms. The van der Waals surface area contributed by atoms with E-state index < -0.39 is 10.0 Å². The van der Waals surface area contributed by atoms with Gasteiger partial charge in [0.25, 0.3) is 10.0 Å². The van der Waals surface area contributed by atoms with Crippen LogP contribution in [-0.4, -0.2) is 41.5 Å². The van der Waals surface area contributed by atoms with Gasteiger partial charge in [-0.25, -0.2) is 13.4 Å². The van der Waals surface area contributed by atoms with Crippen LogP contribution in [0.1, 0.15) is 12.5 Å². The summed E-state index contributed by atoms with van der Waals surface area (Å²) in [4.78, 5) is 3.95. The summed E-state index contributed by atoms with van der Waals surface area (Å²) in [5.74, 6) is 0.836. The number of sulfonamides is 1. The average molecular weight is 321 g/mol. The maximum atomic E-state index is 12.6. The third kappa shape index (κ3) is 2.50. The van der Waals surface area contributed by atoms with E-state index in [1.807, 2.05) is 31.2 Å². The molecule has 0 bridgehead atoms. The molecular weight excluding hydrogens is 302 g/mol. The van der Waals surface area contributed by atoms with E-state index in [0.29, 0.717) is 6.42 Å². The van der Waals surface area contributed by atoms with Gasteiger partial charge < -0.3 is 9.30 Å². The van der Waals surface area contributed by atoms with Crippen LogP contribution in [0.5, 0.6) is 5.75 Å². The highest BCUT2D eigenvalue weighted by Gasteiger charge is 2.36. The monoisotopic (exact) mass is 321 g/mol. The number of rotatable bonds is 4. The smallest absolute Gasteiger partial charge is 0.262 e. The van der Waals surface area contributed by atoms with Gasteiger partial charge in [-0.05, 0) is 18.6 Å². The first-order valence-corrected chi connectivity index (χ1v) is 8.54. The van der Waals surface area contributed by atoms with Crippen LogP contribution in [0.2, 0.25) is 0 Å². The van der Waals surface area contributed by atoms with Crippen LogP contribution in [0.3, 0.4) is 0 Å². The summed E-state index contributed by atoms with van der Waals surface area (Å²) < 4.78 is 34.1. The van der Waals surface area contributed by atoms with Crippen molar-refractivity contribution in [2.45, 2.75) is 30.5 Å². The van der Waals surface area contributed by atoms with E-state index in [0.717, 1.165) is 11.3 Å². The van der Waals surface area contributed by atoms with E-state index >= 15 is 0 Å². The van der Waals surface area contributed by atoms with E-state index in [-0.39, 0.29) is 17.2 Å². The van der Waals surface area contributed by atoms with Crippen molar-refractivity contribution in [2.75, 3.05) is 7.05 Å². The minimum atomic E-state index is -3.62. The molecule has 1 aromatic carbocycles. The predicted molar refractivity (Wildman–Crippen MR) is 82.2 cm³/mol. The first-order valence-electron chi connectivity index (χ1n) is 7.10. The highest BCUT2D eigenvalue weighted by atomic mass is 32.2. The van der Waals surface area contributed by atoms with Crippen molar-refractivity contribution in [2.24, 2.45) is 7.05 Å². The van der Waals surface area contributed by atoms with Gasteiger partial charge in [0.05, 0.1) is 12.4 Å². The quantitative estimate of drug-likeness (QED) is 0.854. The average Bonchev–Trinajstić information content (AvgIpc) is 3.11. The molecule has 1 aliphatic rings. The lowest BCUT2D eigenvalue weighted by atomic mass is 10.1. The van der Waals surface area contributed by atoms with Gasteiger partial charge in [-0.3, -0.25) is 0 Å². The third-order valence-corrected chi connectivity index (χ3v) is 5.94. The molecule has 0 N–H and O–H groups in total. The largest absolute Gasteiger partial charge is 0.488 e. The molecule has 0 radical (unpaired) electrons. The van der Waals surface area contributed by atoms with Gasteiger partial charge >= 0.3 is 0 Å².